The third-order valence-corrected chi connectivity index (χ3v) is 14.3. The number of benzene rings is 10. The summed E-state index contributed by atoms with van der Waals surface area (Å²) in [6.45, 7) is 0. The highest BCUT2D eigenvalue weighted by Gasteiger charge is 2.52. The molecule has 5 heteroatoms. The Morgan fingerprint density at radius 3 is 1.41 bits per heavy atom. The van der Waals surface area contributed by atoms with E-state index in [1.165, 1.54) is 66.3 Å². The van der Waals surface area contributed by atoms with E-state index in [-0.39, 0.29) is 0 Å². The molecule has 2 aliphatic rings. The molecule has 2 heterocycles. The highest BCUT2D eigenvalue weighted by molar-refractivity contribution is 6.09. The van der Waals surface area contributed by atoms with Crippen LogP contribution < -0.4 is 4.90 Å². The predicted molar refractivity (Wildman–Crippen MR) is 278 cm³/mol. The minimum atomic E-state index is -0.605. The number of aromatic nitrogens is 4. The summed E-state index contributed by atoms with van der Waals surface area (Å²) >= 11 is 0. The van der Waals surface area contributed by atoms with Gasteiger partial charge in [-0.2, -0.15) is 0 Å². The van der Waals surface area contributed by atoms with E-state index in [0.29, 0.717) is 0 Å². The van der Waals surface area contributed by atoms with Crippen molar-refractivity contribution in [1.82, 2.24) is 19.3 Å². The van der Waals surface area contributed by atoms with Gasteiger partial charge in [0.05, 0.1) is 16.4 Å². The monoisotopic (exact) mass is 867 g/mol. The van der Waals surface area contributed by atoms with E-state index < -0.39 is 5.41 Å². The van der Waals surface area contributed by atoms with Gasteiger partial charge in [-0.05, 0) is 123 Å². The molecule has 0 unspecified atom stereocenters. The van der Waals surface area contributed by atoms with Crippen molar-refractivity contribution in [2.75, 3.05) is 4.90 Å². The molecule has 0 amide bonds. The van der Waals surface area contributed by atoms with Crippen LogP contribution in [-0.4, -0.2) is 19.3 Å². The van der Waals surface area contributed by atoms with Crippen LogP contribution >= 0.6 is 0 Å². The predicted octanol–water partition coefficient (Wildman–Crippen LogP) is 15.5. The molecule has 0 bridgehead atoms. The largest absolute Gasteiger partial charge is 0.310 e. The van der Waals surface area contributed by atoms with Gasteiger partial charge in [0.25, 0.3) is 0 Å². The van der Waals surface area contributed by atoms with Crippen LogP contribution in [-0.2, 0) is 5.41 Å². The van der Waals surface area contributed by atoms with Crippen molar-refractivity contribution in [3.63, 3.8) is 0 Å². The van der Waals surface area contributed by atoms with Crippen LogP contribution in [0, 0.1) is 0 Å². The lowest BCUT2D eigenvalue weighted by atomic mass is 9.70. The zero-order valence-electron chi connectivity index (χ0n) is 36.9. The molecule has 0 atom stereocenters. The number of fused-ring (bicyclic) bond motifs is 13. The van der Waals surface area contributed by atoms with E-state index in [2.05, 4.69) is 257 Å². The van der Waals surface area contributed by atoms with E-state index >= 15 is 0 Å². The summed E-state index contributed by atoms with van der Waals surface area (Å²) < 4.78 is 4.58. The van der Waals surface area contributed by atoms with Crippen molar-refractivity contribution >= 4 is 38.9 Å². The third-order valence-electron chi connectivity index (χ3n) is 14.3. The first kappa shape index (κ1) is 38.2. The molecule has 0 fully saturated rings. The molecular formula is C63H41N5. The molecule has 318 valence electrons. The fraction of sp³-hybridized carbons (Fsp3) is 0.0159. The van der Waals surface area contributed by atoms with E-state index in [1.807, 2.05) is 6.07 Å². The highest BCUT2D eigenvalue weighted by atomic mass is 15.3. The topological polar surface area (TPSA) is 38.9 Å². The van der Waals surface area contributed by atoms with Gasteiger partial charge in [-0.25, -0.2) is 0 Å². The molecule has 10 aromatic carbocycles. The summed E-state index contributed by atoms with van der Waals surface area (Å²) in [4.78, 5) is 2.40. The Bertz CT molecular complexity index is 3810. The van der Waals surface area contributed by atoms with Crippen LogP contribution in [0.4, 0.5) is 17.1 Å². The minimum Gasteiger partial charge on any atom is -0.310 e. The van der Waals surface area contributed by atoms with E-state index in [0.717, 1.165) is 51.2 Å². The van der Waals surface area contributed by atoms with Crippen molar-refractivity contribution in [2.24, 2.45) is 0 Å². The van der Waals surface area contributed by atoms with Crippen LogP contribution in [0.1, 0.15) is 22.3 Å². The fourth-order valence-electron chi connectivity index (χ4n) is 11.4. The molecule has 0 radical (unpaired) electrons. The summed E-state index contributed by atoms with van der Waals surface area (Å²) in [5, 5.41) is 12.4. The number of rotatable bonds is 7. The summed E-state index contributed by atoms with van der Waals surface area (Å²) in [6.07, 6.45) is 0. The number of anilines is 3. The third kappa shape index (κ3) is 5.50. The average Bonchev–Trinajstić information content (AvgIpc) is 4.16. The Balaban J connectivity index is 0.970. The standard InChI is InChI=1S/C63H41N5/c1-4-18-42(19-5-1)61-64-65-62(68(61)45-22-8-3-9-23-45)43-32-38-51-52-39-37-48(41-58(52)63(57(51)40-43)55-28-14-10-24-49(55)50-25-11-15-29-56(50)63)66(44-20-6-2-7-21-44)46-33-35-47(36-34-46)67-59-30-16-12-26-53(59)54-27-13-17-31-60(54)67/h1-41H. The van der Waals surface area contributed by atoms with Crippen molar-refractivity contribution in [3.8, 4) is 56.4 Å². The number of hydrogen-bond acceptors (Lipinski definition) is 3. The van der Waals surface area contributed by atoms with Gasteiger partial charge in [0, 0.05) is 50.3 Å². The molecule has 2 aromatic heterocycles. The van der Waals surface area contributed by atoms with Gasteiger partial charge in [-0.1, -0.05) is 170 Å². The van der Waals surface area contributed by atoms with Crippen molar-refractivity contribution < 1.29 is 0 Å². The zero-order chi connectivity index (χ0) is 44.8. The van der Waals surface area contributed by atoms with E-state index in [9.17, 15) is 0 Å². The van der Waals surface area contributed by atoms with Crippen molar-refractivity contribution in [2.45, 2.75) is 5.41 Å². The summed E-state index contributed by atoms with van der Waals surface area (Å²) in [5.41, 5.74) is 19.2. The minimum absolute atomic E-state index is 0.605. The number of nitrogens with zero attached hydrogens (tertiary/aromatic N) is 5. The smallest absolute Gasteiger partial charge is 0.168 e. The van der Waals surface area contributed by atoms with Crippen LogP contribution in [0.5, 0.6) is 0 Å². The van der Waals surface area contributed by atoms with E-state index in [1.54, 1.807) is 0 Å². The van der Waals surface area contributed by atoms with Crippen molar-refractivity contribution in [1.29, 1.82) is 0 Å². The maximum absolute atomic E-state index is 4.98. The lowest BCUT2D eigenvalue weighted by Gasteiger charge is -2.32. The Kier molecular flexibility index (Phi) is 8.43. The molecule has 0 saturated carbocycles. The lowest BCUT2D eigenvalue weighted by molar-refractivity contribution is 0.793. The highest BCUT2D eigenvalue weighted by Crippen LogP contribution is 2.64. The lowest BCUT2D eigenvalue weighted by Crippen LogP contribution is -2.26. The SMILES string of the molecule is c1ccc(-c2nnc(-c3ccc4c(c3)C3(c5ccccc5-c5ccccc53)c3cc(N(c5ccccc5)c5ccc(-n6c7ccccc7c7ccccc76)cc5)ccc3-4)n2-c2ccccc2)cc1. The summed E-state index contributed by atoms with van der Waals surface area (Å²) in [6, 6.07) is 90.1. The fourth-order valence-corrected chi connectivity index (χ4v) is 11.4. The first-order valence-electron chi connectivity index (χ1n) is 23.2. The van der Waals surface area contributed by atoms with Gasteiger partial charge < -0.3 is 9.47 Å². The summed E-state index contributed by atoms with van der Waals surface area (Å²) in [5.74, 6) is 1.60. The quantitative estimate of drug-likeness (QED) is 0.160. The van der Waals surface area contributed by atoms with Gasteiger partial charge in [-0.3, -0.25) is 4.57 Å². The molecule has 0 aliphatic heterocycles. The van der Waals surface area contributed by atoms with Gasteiger partial charge in [0.2, 0.25) is 0 Å². The summed E-state index contributed by atoms with van der Waals surface area (Å²) in [7, 11) is 0. The van der Waals surface area contributed by atoms with Crippen LogP contribution in [0.25, 0.3) is 78.2 Å². The Morgan fingerprint density at radius 1 is 0.309 bits per heavy atom. The Morgan fingerprint density at radius 2 is 0.765 bits per heavy atom. The van der Waals surface area contributed by atoms with Crippen LogP contribution in [0.2, 0.25) is 0 Å². The van der Waals surface area contributed by atoms with Gasteiger partial charge >= 0.3 is 0 Å². The average molecular weight is 868 g/mol. The molecule has 5 nitrogen and oxygen atoms in total. The Hall–Kier alpha value is -9.06. The number of hydrogen-bond donors (Lipinski definition) is 0. The zero-order valence-corrected chi connectivity index (χ0v) is 36.9. The molecular weight excluding hydrogens is 827 g/mol. The maximum atomic E-state index is 4.98. The van der Waals surface area contributed by atoms with Crippen LogP contribution in [0.15, 0.2) is 249 Å². The van der Waals surface area contributed by atoms with Gasteiger partial charge in [0.15, 0.2) is 11.6 Å². The second-order valence-corrected chi connectivity index (χ2v) is 17.8. The number of para-hydroxylation sites is 4. The Labute approximate surface area is 394 Å². The molecule has 12 aromatic rings. The molecule has 68 heavy (non-hydrogen) atoms. The van der Waals surface area contributed by atoms with Crippen LogP contribution in [0.3, 0.4) is 0 Å². The van der Waals surface area contributed by atoms with E-state index in [4.69, 9.17) is 10.2 Å². The maximum Gasteiger partial charge on any atom is 0.168 e. The first-order chi connectivity index (χ1) is 33.8. The second kappa shape index (κ2) is 15.0. The first-order valence-corrected chi connectivity index (χ1v) is 23.2. The molecule has 1 spiro atoms. The van der Waals surface area contributed by atoms with Gasteiger partial charge in [-0.15, -0.1) is 10.2 Å². The molecule has 14 rings (SSSR count). The molecule has 2 aliphatic carbocycles. The molecule has 0 N–H and O–H groups in total. The van der Waals surface area contributed by atoms with Gasteiger partial charge in [0.1, 0.15) is 0 Å². The normalized spacial score (nSPS) is 12.8. The second-order valence-electron chi connectivity index (χ2n) is 17.8. The molecule has 0 saturated heterocycles. The van der Waals surface area contributed by atoms with Crippen molar-refractivity contribution in [3.05, 3.63) is 271 Å².